The normalized spacial score (nSPS) is 13.3. The van der Waals surface area contributed by atoms with Crippen LogP contribution in [0.1, 0.15) is 11.1 Å². The third kappa shape index (κ3) is 7.86. The van der Waals surface area contributed by atoms with Gasteiger partial charge in [0.2, 0.25) is 0 Å². The molecule has 2 aliphatic carbocycles. The Labute approximate surface area is 202 Å². The molecule has 0 unspecified atom stereocenters. The average molecular weight is 505 g/mol. The van der Waals surface area contributed by atoms with Gasteiger partial charge in [0.1, 0.15) is 11.6 Å². The Morgan fingerprint density at radius 2 is 0.862 bits per heavy atom. The van der Waals surface area contributed by atoms with Crippen LogP contribution in [-0.4, -0.2) is 0 Å². The first-order valence-corrected chi connectivity index (χ1v) is 8.05. The minimum absolute atomic E-state index is 0. The monoisotopic (exact) mass is 502 g/mol. The van der Waals surface area contributed by atoms with Gasteiger partial charge < -0.3 is 24.8 Å². The summed E-state index contributed by atoms with van der Waals surface area (Å²) in [6.45, 7) is 7.51. The van der Waals surface area contributed by atoms with Gasteiger partial charge in [-0.25, -0.2) is 8.78 Å². The first-order valence-electron chi connectivity index (χ1n) is 8.05. The summed E-state index contributed by atoms with van der Waals surface area (Å²) in [5.74, 6) is -0.435. The molecule has 29 heavy (non-hydrogen) atoms. The van der Waals surface area contributed by atoms with Gasteiger partial charge in [-0.2, -0.15) is 37.5 Å². The summed E-state index contributed by atoms with van der Waals surface area (Å²) >= 11 is 0. The van der Waals surface area contributed by atoms with Crippen LogP contribution in [0, 0.1) is 23.8 Å². The van der Waals surface area contributed by atoms with Gasteiger partial charge in [0.05, 0.1) is 0 Å². The van der Waals surface area contributed by atoms with Gasteiger partial charge in [-0.05, 0) is 24.3 Å². The summed E-state index contributed by atoms with van der Waals surface area (Å²) in [6.07, 6.45) is 13.8. The van der Waals surface area contributed by atoms with Crippen LogP contribution in [0.25, 0.3) is 11.1 Å². The zero-order valence-electron chi connectivity index (χ0n) is 15.4. The van der Waals surface area contributed by atoms with Gasteiger partial charge in [0, 0.05) is 0 Å². The Hall–Kier alpha value is -1.80. The standard InChI is InChI=1S/2C12H8F.2ClH.Zr/c2*1-9-2-3-11(8-9)10-4-6-12(13)7-5-10;;;/h2*2-7H,1H2;2*1H;/q2*-1;;;+4/p-2. The maximum absolute atomic E-state index is 12.6. The van der Waals surface area contributed by atoms with Crippen molar-refractivity contribution in [3.8, 4) is 0 Å². The summed E-state index contributed by atoms with van der Waals surface area (Å²) in [7, 11) is 0. The summed E-state index contributed by atoms with van der Waals surface area (Å²) in [5.41, 5.74) is 5.58. The second-order valence-electron chi connectivity index (χ2n) is 5.81. The SMILES string of the molecule is C=C1[C-]=C(c2ccc(F)cc2)C=C1.C=C1[C-]=C(c2ccc(F)cc2)C=C1.[Cl-].[Cl-].[Zr+4]. The number of halogens is 4. The van der Waals surface area contributed by atoms with Crippen molar-refractivity contribution in [3.05, 3.63) is 132 Å². The van der Waals surface area contributed by atoms with Crippen LogP contribution in [-0.2, 0) is 26.2 Å². The van der Waals surface area contributed by atoms with E-state index in [1.165, 1.54) is 24.3 Å². The molecule has 4 rings (SSSR count). The van der Waals surface area contributed by atoms with Crippen molar-refractivity contribution < 1.29 is 59.8 Å². The second kappa shape index (κ2) is 12.7. The van der Waals surface area contributed by atoms with Crippen molar-refractivity contribution in [2.75, 3.05) is 0 Å². The van der Waals surface area contributed by atoms with Gasteiger partial charge in [0.15, 0.2) is 0 Å². The molecule has 0 spiro atoms. The van der Waals surface area contributed by atoms with E-state index in [1.807, 2.05) is 24.3 Å². The maximum Gasteiger partial charge on any atom is 4.00 e. The fourth-order valence-electron chi connectivity index (χ4n) is 2.48. The van der Waals surface area contributed by atoms with Crippen molar-refractivity contribution in [1.29, 1.82) is 0 Å². The molecule has 0 aromatic heterocycles. The molecular formula is C24H16Cl2F2Zr. The Kier molecular flexibility index (Phi) is 11.9. The van der Waals surface area contributed by atoms with E-state index in [0.717, 1.165) is 33.4 Å². The Morgan fingerprint density at radius 1 is 0.552 bits per heavy atom. The zero-order valence-corrected chi connectivity index (χ0v) is 19.3. The van der Waals surface area contributed by atoms with E-state index in [9.17, 15) is 8.78 Å². The van der Waals surface area contributed by atoms with E-state index in [0.29, 0.717) is 0 Å². The maximum atomic E-state index is 12.6. The smallest absolute Gasteiger partial charge is 1.00 e. The van der Waals surface area contributed by atoms with Crippen molar-refractivity contribution in [2.45, 2.75) is 0 Å². The molecule has 2 aliphatic rings. The molecule has 0 nitrogen and oxygen atoms in total. The van der Waals surface area contributed by atoms with Crippen molar-refractivity contribution in [1.82, 2.24) is 0 Å². The Balaban J connectivity index is 0.000000490. The third-order valence-electron chi connectivity index (χ3n) is 3.80. The molecule has 2 aromatic rings. The number of hydrogen-bond acceptors (Lipinski definition) is 0. The molecular weight excluding hydrogens is 488 g/mol. The predicted octanol–water partition coefficient (Wildman–Crippen LogP) is 0.282. The zero-order chi connectivity index (χ0) is 18.5. The molecule has 144 valence electrons. The molecule has 0 radical (unpaired) electrons. The van der Waals surface area contributed by atoms with Gasteiger partial charge in [-0.15, -0.1) is 34.4 Å². The fraction of sp³-hybridized carbons (Fsp3) is 0. The topological polar surface area (TPSA) is 0 Å². The molecule has 0 fully saturated rings. The predicted molar refractivity (Wildman–Crippen MR) is 103 cm³/mol. The van der Waals surface area contributed by atoms with Crippen LogP contribution in [0.15, 0.2) is 97.1 Å². The van der Waals surface area contributed by atoms with Crippen LogP contribution < -0.4 is 24.8 Å². The first kappa shape index (κ1) is 27.2. The van der Waals surface area contributed by atoms with E-state index < -0.39 is 0 Å². The first-order chi connectivity index (χ1) is 12.5. The molecule has 0 atom stereocenters. The molecule has 0 heterocycles. The number of rotatable bonds is 2. The van der Waals surface area contributed by atoms with Crippen LogP contribution in [0.3, 0.4) is 0 Å². The van der Waals surface area contributed by atoms with Crippen LogP contribution >= 0.6 is 0 Å². The molecule has 0 bridgehead atoms. The van der Waals surface area contributed by atoms with Crippen molar-refractivity contribution >= 4 is 11.1 Å². The summed E-state index contributed by atoms with van der Waals surface area (Å²) in [4.78, 5) is 0. The Bertz CT molecular complexity index is 885. The number of benzene rings is 2. The van der Waals surface area contributed by atoms with Crippen LogP contribution in [0.4, 0.5) is 8.78 Å². The minimum Gasteiger partial charge on any atom is -1.00 e. The number of hydrogen-bond donors (Lipinski definition) is 0. The van der Waals surface area contributed by atoms with Crippen LogP contribution in [0.5, 0.6) is 0 Å². The summed E-state index contributed by atoms with van der Waals surface area (Å²) < 4.78 is 25.2. The number of allylic oxidation sites excluding steroid dienone is 10. The van der Waals surface area contributed by atoms with Gasteiger partial charge in [0.25, 0.3) is 0 Å². The van der Waals surface area contributed by atoms with E-state index in [1.54, 1.807) is 24.3 Å². The average Bonchev–Trinajstić information content (AvgIpc) is 3.25. The molecule has 0 amide bonds. The largest absolute Gasteiger partial charge is 4.00 e. The van der Waals surface area contributed by atoms with Gasteiger partial charge in [-0.3, -0.25) is 0 Å². The van der Waals surface area contributed by atoms with Gasteiger partial charge in [-0.1, -0.05) is 35.4 Å². The van der Waals surface area contributed by atoms with E-state index in [-0.39, 0.29) is 62.7 Å². The quantitative estimate of drug-likeness (QED) is 0.516. The molecule has 2 aromatic carbocycles. The van der Waals surface area contributed by atoms with E-state index in [2.05, 4.69) is 25.3 Å². The van der Waals surface area contributed by atoms with Crippen molar-refractivity contribution in [3.63, 3.8) is 0 Å². The molecule has 0 saturated carbocycles. The molecule has 5 heteroatoms. The van der Waals surface area contributed by atoms with Crippen LogP contribution in [0.2, 0.25) is 0 Å². The minimum atomic E-state index is -0.217. The summed E-state index contributed by atoms with van der Waals surface area (Å²) in [6, 6.07) is 12.7. The second-order valence-corrected chi connectivity index (χ2v) is 5.81. The third-order valence-corrected chi connectivity index (χ3v) is 3.80. The van der Waals surface area contributed by atoms with Crippen molar-refractivity contribution in [2.24, 2.45) is 0 Å². The van der Waals surface area contributed by atoms with E-state index >= 15 is 0 Å². The molecule has 0 N–H and O–H groups in total. The Morgan fingerprint density at radius 3 is 1.10 bits per heavy atom. The van der Waals surface area contributed by atoms with Gasteiger partial charge >= 0.3 is 26.2 Å². The summed E-state index contributed by atoms with van der Waals surface area (Å²) in [5, 5.41) is 0. The fourth-order valence-corrected chi connectivity index (χ4v) is 2.48. The van der Waals surface area contributed by atoms with E-state index in [4.69, 9.17) is 0 Å². The molecule has 0 aliphatic heterocycles. The molecule has 0 saturated heterocycles.